The second-order valence-electron chi connectivity index (χ2n) is 5.36. The van der Waals surface area contributed by atoms with Crippen LogP contribution in [-0.2, 0) is 11.2 Å². The van der Waals surface area contributed by atoms with Crippen LogP contribution in [0.15, 0.2) is 48.0 Å². The Balaban J connectivity index is 2.04. The SMILES string of the molecule is COC(=O)c1ccccc1/C=C1\Cc2cccc(C)c2C1=O. The number of esters is 1. The van der Waals surface area contributed by atoms with Crippen LogP contribution in [0.3, 0.4) is 0 Å². The van der Waals surface area contributed by atoms with Crippen LogP contribution >= 0.6 is 0 Å². The Morgan fingerprint density at radius 3 is 2.64 bits per heavy atom. The molecule has 0 aromatic heterocycles. The predicted octanol–water partition coefficient (Wildman–Crippen LogP) is 3.60. The summed E-state index contributed by atoms with van der Waals surface area (Å²) >= 11 is 0. The average molecular weight is 292 g/mol. The van der Waals surface area contributed by atoms with Crippen LogP contribution in [0.5, 0.6) is 0 Å². The zero-order chi connectivity index (χ0) is 15.7. The van der Waals surface area contributed by atoms with Crippen molar-refractivity contribution in [2.24, 2.45) is 0 Å². The molecule has 2 aromatic carbocycles. The van der Waals surface area contributed by atoms with E-state index in [0.717, 1.165) is 16.7 Å². The lowest BCUT2D eigenvalue weighted by atomic mass is 10.0. The van der Waals surface area contributed by atoms with E-state index in [-0.39, 0.29) is 5.78 Å². The largest absolute Gasteiger partial charge is 0.465 e. The maximum Gasteiger partial charge on any atom is 0.338 e. The molecule has 0 atom stereocenters. The Kier molecular flexibility index (Phi) is 3.63. The van der Waals surface area contributed by atoms with Gasteiger partial charge in [0.2, 0.25) is 0 Å². The number of hydrogen-bond acceptors (Lipinski definition) is 3. The van der Waals surface area contributed by atoms with Crippen molar-refractivity contribution in [1.82, 2.24) is 0 Å². The van der Waals surface area contributed by atoms with Gasteiger partial charge >= 0.3 is 5.97 Å². The van der Waals surface area contributed by atoms with E-state index in [0.29, 0.717) is 23.1 Å². The van der Waals surface area contributed by atoms with E-state index in [1.807, 2.05) is 37.3 Å². The number of ketones is 1. The van der Waals surface area contributed by atoms with Gasteiger partial charge in [-0.2, -0.15) is 0 Å². The summed E-state index contributed by atoms with van der Waals surface area (Å²) in [5.74, 6) is -0.348. The second kappa shape index (κ2) is 5.60. The van der Waals surface area contributed by atoms with E-state index >= 15 is 0 Å². The lowest BCUT2D eigenvalue weighted by molar-refractivity contribution is 0.0600. The van der Waals surface area contributed by atoms with Crippen molar-refractivity contribution < 1.29 is 14.3 Å². The van der Waals surface area contributed by atoms with Gasteiger partial charge in [-0.3, -0.25) is 4.79 Å². The number of allylic oxidation sites excluding steroid dienone is 1. The predicted molar refractivity (Wildman–Crippen MR) is 85.0 cm³/mol. The van der Waals surface area contributed by atoms with Crippen molar-refractivity contribution in [2.75, 3.05) is 7.11 Å². The number of benzene rings is 2. The standard InChI is InChI=1S/C19H16O3/c1-12-6-5-8-14-11-15(18(20)17(12)14)10-13-7-3-4-9-16(13)19(21)22-2/h3-10H,11H2,1-2H3/b15-10+. The molecule has 0 aliphatic heterocycles. The molecule has 0 saturated carbocycles. The molecule has 1 aliphatic rings. The highest BCUT2D eigenvalue weighted by Gasteiger charge is 2.26. The van der Waals surface area contributed by atoms with Gasteiger partial charge in [0.05, 0.1) is 12.7 Å². The number of carbonyl (C=O) groups is 2. The molecule has 0 bridgehead atoms. The van der Waals surface area contributed by atoms with Gasteiger partial charge in [-0.15, -0.1) is 0 Å². The molecule has 110 valence electrons. The van der Waals surface area contributed by atoms with Crippen molar-refractivity contribution >= 4 is 17.8 Å². The highest BCUT2D eigenvalue weighted by Crippen LogP contribution is 2.30. The van der Waals surface area contributed by atoms with Crippen LogP contribution in [0.1, 0.15) is 37.4 Å². The summed E-state index contributed by atoms with van der Waals surface area (Å²) in [6.07, 6.45) is 2.40. The van der Waals surface area contributed by atoms with Crippen molar-refractivity contribution in [3.63, 3.8) is 0 Å². The van der Waals surface area contributed by atoms with Crippen LogP contribution in [0.2, 0.25) is 0 Å². The zero-order valence-electron chi connectivity index (χ0n) is 12.6. The molecule has 3 nitrogen and oxygen atoms in total. The van der Waals surface area contributed by atoms with Crippen LogP contribution in [0, 0.1) is 6.92 Å². The topological polar surface area (TPSA) is 43.4 Å². The minimum atomic E-state index is -0.397. The summed E-state index contributed by atoms with van der Waals surface area (Å²) in [7, 11) is 1.35. The first kappa shape index (κ1) is 14.3. The van der Waals surface area contributed by atoms with Crippen LogP contribution in [-0.4, -0.2) is 18.9 Å². The molecule has 0 saturated heterocycles. The number of carbonyl (C=O) groups excluding carboxylic acids is 2. The van der Waals surface area contributed by atoms with Crippen LogP contribution in [0.4, 0.5) is 0 Å². The number of hydrogen-bond donors (Lipinski definition) is 0. The number of ether oxygens (including phenoxy) is 1. The van der Waals surface area contributed by atoms with Crippen LogP contribution in [0.25, 0.3) is 6.08 Å². The molecule has 0 fully saturated rings. The van der Waals surface area contributed by atoms with Crippen molar-refractivity contribution in [1.29, 1.82) is 0 Å². The second-order valence-corrected chi connectivity index (χ2v) is 5.36. The highest BCUT2D eigenvalue weighted by atomic mass is 16.5. The Bertz CT molecular complexity index is 800. The first-order chi connectivity index (χ1) is 10.6. The first-order valence-electron chi connectivity index (χ1n) is 7.13. The van der Waals surface area contributed by atoms with E-state index in [9.17, 15) is 9.59 Å². The van der Waals surface area contributed by atoms with Gasteiger partial charge in [0.15, 0.2) is 5.78 Å². The average Bonchev–Trinajstić information content (AvgIpc) is 2.84. The van der Waals surface area contributed by atoms with Gasteiger partial charge in [0, 0.05) is 17.6 Å². The monoisotopic (exact) mass is 292 g/mol. The lowest BCUT2D eigenvalue weighted by Crippen LogP contribution is -2.04. The normalized spacial score (nSPS) is 15.0. The Morgan fingerprint density at radius 2 is 1.91 bits per heavy atom. The van der Waals surface area contributed by atoms with Gasteiger partial charge in [-0.05, 0) is 35.8 Å². The quantitative estimate of drug-likeness (QED) is 0.627. The van der Waals surface area contributed by atoms with Gasteiger partial charge in [0.25, 0.3) is 0 Å². The third-order valence-corrected chi connectivity index (χ3v) is 3.95. The fraction of sp³-hybridized carbons (Fsp3) is 0.158. The fourth-order valence-electron chi connectivity index (χ4n) is 2.87. The molecule has 0 amide bonds. The third kappa shape index (κ3) is 2.35. The molecule has 0 N–H and O–H groups in total. The Labute approximate surface area is 129 Å². The van der Waals surface area contributed by atoms with E-state index in [4.69, 9.17) is 4.74 Å². The lowest BCUT2D eigenvalue weighted by Gasteiger charge is -2.04. The van der Waals surface area contributed by atoms with Crippen molar-refractivity contribution in [2.45, 2.75) is 13.3 Å². The number of aryl methyl sites for hydroxylation is 1. The molecule has 0 radical (unpaired) electrons. The van der Waals surface area contributed by atoms with Crippen molar-refractivity contribution in [3.8, 4) is 0 Å². The first-order valence-corrected chi connectivity index (χ1v) is 7.13. The smallest absolute Gasteiger partial charge is 0.338 e. The molecule has 0 heterocycles. The van der Waals surface area contributed by atoms with E-state index < -0.39 is 5.97 Å². The van der Waals surface area contributed by atoms with Gasteiger partial charge in [-0.25, -0.2) is 4.79 Å². The Morgan fingerprint density at radius 1 is 1.14 bits per heavy atom. The molecule has 1 aliphatic carbocycles. The summed E-state index contributed by atoms with van der Waals surface area (Å²) in [6.45, 7) is 1.95. The minimum absolute atomic E-state index is 0.0489. The minimum Gasteiger partial charge on any atom is -0.465 e. The van der Waals surface area contributed by atoms with Crippen molar-refractivity contribution in [3.05, 3.63) is 75.9 Å². The maximum atomic E-state index is 12.6. The molecular weight excluding hydrogens is 276 g/mol. The molecule has 0 unspecified atom stereocenters. The van der Waals surface area contributed by atoms with Gasteiger partial charge < -0.3 is 4.74 Å². The van der Waals surface area contributed by atoms with E-state index in [1.54, 1.807) is 18.2 Å². The number of fused-ring (bicyclic) bond motifs is 1. The zero-order valence-corrected chi connectivity index (χ0v) is 12.6. The Hall–Kier alpha value is -2.68. The number of rotatable bonds is 2. The summed E-state index contributed by atoms with van der Waals surface area (Å²) in [6, 6.07) is 13.0. The molecule has 3 heteroatoms. The molecule has 3 rings (SSSR count). The van der Waals surface area contributed by atoms with Gasteiger partial charge in [-0.1, -0.05) is 36.4 Å². The molecule has 2 aromatic rings. The van der Waals surface area contributed by atoms with E-state index in [1.165, 1.54) is 7.11 Å². The highest BCUT2D eigenvalue weighted by molar-refractivity contribution is 6.16. The summed E-state index contributed by atoms with van der Waals surface area (Å²) in [4.78, 5) is 24.4. The van der Waals surface area contributed by atoms with Gasteiger partial charge in [0.1, 0.15) is 0 Å². The number of Topliss-reactive ketones (excluding diaryl/α,β-unsaturated/α-hetero) is 1. The fourth-order valence-corrected chi connectivity index (χ4v) is 2.87. The third-order valence-electron chi connectivity index (χ3n) is 3.95. The summed E-state index contributed by atoms with van der Waals surface area (Å²) in [5, 5.41) is 0. The number of methoxy groups -OCH3 is 1. The summed E-state index contributed by atoms with van der Waals surface area (Å²) in [5.41, 5.74) is 4.73. The van der Waals surface area contributed by atoms with E-state index in [2.05, 4.69) is 0 Å². The molecule has 0 spiro atoms. The summed E-state index contributed by atoms with van der Waals surface area (Å²) < 4.78 is 4.80. The maximum absolute atomic E-state index is 12.6. The molecule has 22 heavy (non-hydrogen) atoms. The van der Waals surface area contributed by atoms with Crippen LogP contribution < -0.4 is 0 Å². The molecular formula is C19H16O3.